The van der Waals surface area contributed by atoms with E-state index in [4.69, 9.17) is 9.47 Å². The lowest BCUT2D eigenvalue weighted by Crippen LogP contribution is -2.23. The van der Waals surface area contributed by atoms with Crippen molar-refractivity contribution in [3.63, 3.8) is 0 Å². The number of thiophene rings is 1. The van der Waals surface area contributed by atoms with Gasteiger partial charge in [-0.05, 0) is 58.5 Å². The Labute approximate surface area is 142 Å². The van der Waals surface area contributed by atoms with Crippen LogP contribution in [0.5, 0.6) is 11.5 Å². The van der Waals surface area contributed by atoms with Gasteiger partial charge in [0.05, 0.1) is 0 Å². The molecule has 1 aliphatic carbocycles. The summed E-state index contributed by atoms with van der Waals surface area (Å²) in [5.41, 5.74) is 1.31. The minimum absolute atomic E-state index is 0.400. The van der Waals surface area contributed by atoms with Gasteiger partial charge in [0.2, 0.25) is 0 Å². The van der Waals surface area contributed by atoms with Gasteiger partial charge in [-0.25, -0.2) is 0 Å². The molecule has 1 atom stereocenters. The SMILES string of the molecule is Brc1csc(CNC(c2ccc3c(c2)OCCO3)C2CC2)c1. The smallest absolute Gasteiger partial charge is 0.161 e. The molecule has 1 fully saturated rings. The molecule has 1 unspecified atom stereocenters. The molecule has 0 bridgehead atoms. The molecule has 1 aromatic heterocycles. The van der Waals surface area contributed by atoms with Crippen LogP contribution in [0, 0.1) is 5.92 Å². The fourth-order valence-corrected chi connectivity index (χ4v) is 4.30. The molecular formula is C17H18BrNO2S. The topological polar surface area (TPSA) is 30.5 Å². The molecule has 1 aliphatic heterocycles. The third-order valence-corrected chi connectivity index (χ3v) is 5.83. The molecule has 5 heteroatoms. The van der Waals surface area contributed by atoms with Crippen molar-refractivity contribution in [3.05, 3.63) is 44.6 Å². The van der Waals surface area contributed by atoms with E-state index < -0.39 is 0 Å². The van der Waals surface area contributed by atoms with Crippen LogP contribution in [-0.4, -0.2) is 13.2 Å². The zero-order chi connectivity index (χ0) is 14.9. The Morgan fingerprint density at radius 1 is 1.18 bits per heavy atom. The number of fused-ring (bicyclic) bond motifs is 1. The summed E-state index contributed by atoms with van der Waals surface area (Å²) < 4.78 is 12.5. The Bertz CT molecular complexity index is 668. The second-order valence-electron chi connectivity index (χ2n) is 5.83. The zero-order valence-electron chi connectivity index (χ0n) is 12.2. The first kappa shape index (κ1) is 14.5. The van der Waals surface area contributed by atoms with Gasteiger partial charge in [0.1, 0.15) is 13.2 Å². The molecule has 3 nitrogen and oxygen atoms in total. The molecule has 2 aromatic rings. The van der Waals surface area contributed by atoms with E-state index in [2.05, 4.69) is 44.8 Å². The van der Waals surface area contributed by atoms with E-state index in [-0.39, 0.29) is 0 Å². The van der Waals surface area contributed by atoms with Crippen molar-refractivity contribution in [2.45, 2.75) is 25.4 Å². The molecule has 0 spiro atoms. The maximum Gasteiger partial charge on any atom is 0.161 e. The molecule has 2 heterocycles. The summed E-state index contributed by atoms with van der Waals surface area (Å²) in [5.74, 6) is 2.49. The Morgan fingerprint density at radius 3 is 2.73 bits per heavy atom. The molecular weight excluding hydrogens is 362 g/mol. The van der Waals surface area contributed by atoms with Gasteiger partial charge in [0.15, 0.2) is 11.5 Å². The molecule has 1 N–H and O–H groups in total. The van der Waals surface area contributed by atoms with Gasteiger partial charge in [-0.3, -0.25) is 0 Å². The van der Waals surface area contributed by atoms with Crippen LogP contribution in [0.3, 0.4) is 0 Å². The zero-order valence-corrected chi connectivity index (χ0v) is 14.6. The number of rotatable bonds is 5. The summed E-state index contributed by atoms with van der Waals surface area (Å²) in [6.45, 7) is 2.19. The van der Waals surface area contributed by atoms with E-state index in [0.717, 1.165) is 28.4 Å². The summed E-state index contributed by atoms with van der Waals surface area (Å²) in [6.07, 6.45) is 2.61. The predicted molar refractivity (Wildman–Crippen MR) is 91.8 cm³/mol. The third-order valence-electron chi connectivity index (χ3n) is 4.14. The molecule has 2 aliphatic rings. The van der Waals surface area contributed by atoms with E-state index in [1.165, 1.54) is 23.3 Å². The Kier molecular flexibility index (Phi) is 4.11. The second-order valence-corrected chi connectivity index (χ2v) is 7.74. The molecule has 0 radical (unpaired) electrons. The van der Waals surface area contributed by atoms with Crippen molar-refractivity contribution < 1.29 is 9.47 Å². The lowest BCUT2D eigenvalue weighted by Gasteiger charge is -2.23. The standard InChI is InChI=1S/C17H18BrNO2S/c18-13-8-14(22-10-13)9-19-17(11-1-2-11)12-3-4-15-16(7-12)21-6-5-20-15/h3-4,7-8,10-11,17,19H,1-2,5-6,9H2. The molecule has 1 saturated carbocycles. The van der Waals surface area contributed by atoms with Gasteiger partial charge >= 0.3 is 0 Å². The van der Waals surface area contributed by atoms with Crippen LogP contribution >= 0.6 is 27.3 Å². The number of hydrogen-bond donors (Lipinski definition) is 1. The molecule has 4 rings (SSSR count). The van der Waals surface area contributed by atoms with Crippen LogP contribution in [-0.2, 0) is 6.54 Å². The minimum Gasteiger partial charge on any atom is -0.486 e. The van der Waals surface area contributed by atoms with E-state index in [1.54, 1.807) is 11.3 Å². The van der Waals surface area contributed by atoms with Crippen molar-refractivity contribution in [3.8, 4) is 11.5 Å². The van der Waals surface area contributed by atoms with Crippen LogP contribution in [0.2, 0.25) is 0 Å². The summed E-state index contributed by atoms with van der Waals surface area (Å²) in [6, 6.07) is 8.95. The minimum atomic E-state index is 0.400. The van der Waals surface area contributed by atoms with Crippen molar-refractivity contribution >= 4 is 27.3 Å². The second kappa shape index (κ2) is 6.22. The van der Waals surface area contributed by atoms with Gasteiger partial charge < -0.3 is 14.8 Å². The first-order chi connectivity index (χ1) is 10.8. The molecule has 1 aromatic carbocycles. The van der Waals surface area contributed by atoms with Crippen molar-refractivity contribution in [2.75, 3.05) is 13.2 Å². The number of benzene rings is 1. The van der Waals surface area contributed by atoms with E-state index >= 15 is 0 Å². The molecule has 0 saturated heterocycles. The van der Waals surface area contributed by atoms with Crippen molar-refractivity contribution in [1.29, 1.82) is 0 Å². The maximum atomic E-state index is 5.72. The summed E-state index contributed by atoms with van der Waals surface area (Å²) in [4.78, 5) is 1.36. The van der Waals surface area contributed by atoms with Crippen LogP contribution in [0.1, 0.15) is 29.3 Å². The normalized spacial score (nSPS) is 18.2. The van der Waals surface area contributed by atoms with E-state index in [1.807, 2.05) is 6.07 Å². The average molecular weight is 380 g/mol. The van der Waals surface area contributed by atoms with Crippen LogP contribution in [0.25, 0.3) is 0 Å². The monoisotopic (exact) mass is 379 g/mol. The van der Waals surface area contributed by atoms with E-state index in [9.17, 15) is 0 Å². The lowest BCUT2D eigenvalue weighted by molar-refractivity contribution is 0.171. The van der Waals surface area contributed by atoms with Gasteiger partial charge in [0.25, 0.3) is 0 Å². The van der Waals surface area contributed by atoms with Crippen LogP contribution in [0.15, 0.2) is 34.1 Å². The first-order valence-corrected chi connectivity index (χ1v) is 9.33. The highest BCUT2D eigenvalue weighted by Gasteiger charge is 2.32. The van der Waals surface area contributed by atoms with Gasteiger partial charge in [-0.2, -0.15) is 0 Å². The highest BCUT2D eigenvalue weighted by atomic mass is 79.9. The Balaban J connectivity index is 1.51. The van der Waals surface area contributed by atoms with Crippen molar-refractivity contribution in [1.82, 2.24) is 5.32 Å². The molecule has 116 valence electrons. The summed E-state index contributed by atoms with van der Waals surface area (Å²) in [5, 5.41) is 5.86. The van der Waals surface area contributed by atoms with Gasteiger partial charge in [-0.1, -0.05) is 6.07 Å². The highest BCUT2D eigenvalue weighted by molar-refractivity contribution is 9.10. The average Bonchev–Trinajstić information content (AvgIpc) is 3.29. The first-order valence-electron chi connectivity index (χ1n) is 7.65. The maximum absolute atomic E-state index is 5.72. The summed E-state index contributed by atoms with van der Waals surface area (Å²) in [7, 11) is 0. The largest absolute Gasteiger partial charge is 0.486 e. The number of hydrogen-bond acceptors (Lipinski definition) is 4. The fraction of sp³-hybridized carbons (Fsp3) is 0.412. The Morgan fingerprint density at radius 2 is 2.00 bits per heavy atom. The third kappa shape index (κ3) is 3.16. The molecule has 0 amide bonds. The Hall–Kier alpha value is -1.04. The number of nitrogens with one attached hydrogen (secondary N) is 1. The fourth-order valence-electron chi connectivity index (χ4n) is 2.90. The van der Waals surface area contributed by atoms with Crippen molar-refractivity contribution in [2.24, 2.45) is 5.92 Å². The number of ether oxygens (including phenoxy) is 2. The van der Waals surface area contributed by atoms with Crippen LogP contribution in [0.4, 0.5) is 0 Å². The highest BCUT2D eigenvalue weighted by Crippen LogP contribution is 2.43. The van der Waals surface area contributed by atoms with E-state index in [0.29, 0.717) is 19.3 Å². The van der Waals surface area contributed by atoms with Gasteiger partial charge in [0, 0.05) is 27.3 Å². The summed E-state index contributed by atoms with van der Waals surface area (Å²) >= 11 is 5.31. The molecule has 22 heavy (non-hydrogen) atoms. The predicted octanol–water partition coefficient (Wildman–Crippen LogP) is 4.52. The van der Waals surface area contributed by atoms with Crippen LogP contribution < -0.4 is 14.8 Å². The van der Waals surface area contributed by atoms with Gasteiger partial charge in [-0.15, -0.1) is 11.3 Å². The number of halogens is 1. The lowest BCUT2D eigenvalue weighted by atomic mass is 10.0. The quantitative estimate of drug-likeness (QED) is 0.827.